The lowest BCUT2D eigenvalue weighted by Gasteiger charge is -2.25. The lowest BCUT2D eigenvalue weighted by Crippen LogP contribution is -2.57. The molecule has 0 aliphatic carbocycles. The molecule has 3 amide bonds. The summed E-state index contributed by atoms with van der Waals surface area (Å²) in [6, 6.07) is 9.12. The number of carbonyl (C=O) groups excluding carboxylic acids is 3. The summed E-state index contributed by atoms with van der Waals surface area (Å²) in [5.41, 5.74) is 17.9. The molecule has 0 saturated carbocycles. The van der Waals surface area contributed by atoms with Gasteiger partial charge in [0.15, 0.2) is 5.96 Å². The van der Waals surface area contributed by atoms with Crippen molar-refractivity contribution in [1.29, 1.82) is 0 Å². The van der Waals surface area contributed by atoms with Gasteiger partial charge in [0, 0.05) is 13.0 Å². The Morgan fingerprint density at radius 2 is 1.30 bits per heavy atom. The zero-order chi connectivity index (χ0) is 31.9. The van der Waals surface area contributed by atoms with Gasteiger partial charge in [0.1, 0.15) is 23.9 Å². The molecule has 4 unspecified atom stereocenters. The fourth-order valence-corrected chi connectivity index (χ4v) is 4.01. The topological polar surface area (TPSA) is 273 Å². The van der Waals surface area contributed by atoms with Crippen LogP contribution in [0, 0.1) is 0 Å². The van der Waals surface area contributed by atoms with E-state index in [1.54, 1.807) is 30.3 Å². The van der Waals surface area contributed by atoms with Gasteiger partial charge < -0.3 is 48.5 Å². The smallest absolute Gasteiger partial charge is 0.326 e. The molecule has 0 aliphatic heterocycles. The first kappa shape index (κ1) is 34.0. The zero-order valence-electron chi connectivity index (χ0n) is 23.3. The van der Waals surface area contributed by atoms with Gasteiger partial charge >= 0.3 is 11.9 Å². The normalized spacial score (nSPS) is 13.4. The molecule has 2 aromatic rings. The maximum absolute atomic E-state index is 13.2. The summed E-state index contributed by atoms with van der Waals surface area (Å²) in [4.78, 5) is 66.4. The van der Waals surface area contributed by atoms with Crippen LogP contribution in [0.1, 0.15) is 30.4 Å². The number of carbonyl (C=O) groups is 5. The third-order valence-electron chi connectivity index (χ3n) is 6.22. The summed E-state index contributed by atoms with van der Waals surface area (Å²) in [5, 5.41) is 35.7. The van der Waals surface area contributed by atoms with E-state index >= 15 is 0 Å². The minimum absolute atomic E-state index is 0.0211. The molecule has 0 bridgehead atoms. The first-order valence-electron chi connectivity index (χ1n) is 13.3. The minimum Gasteiger partial charge on any atom is -0.508 e. The number of benzene rings is 2. The van der Waals surface area contributed by atoms with E-state index in [9.17, 15) is 39.3 Å². The van der Waals surface area contributed by atoms with E-state index in [0.717, 1.165) is 5.56 Å². The molecule has 0 heterocycles. The van der Waals surface area contributed by atoms with Crippen LogP contribution >= 0.6 is 0 Å². The number of phenolic OH excluding ortho intramolecular Hbond substituents is 1. The number of aliphatic carboxylic acids is 2. The molecule has 0 radical (unpaired) electrons. The summed E-state index contributed by atoms with van der Waals surface area (Å²) in [5.74, 6) is -5.60. The monoisotopic (exact) mass is 599 g/mol. The van der Waals surface area contributed by atoms with E-state index in [1.807, 2.05) is 0 Å². The standard InChI is InChI=1S/C28H37N7O8/c29-19(13-16-5-2-1-3-6-16)24(39)34-21(15-23(37)38)26(41)33-20(7-4-12-32-28(30)31)25(40)35-22(27(42)43)14-17-8-10-18(36)11-9-17/h1-3,5-6,8-11,19-22,36H,4,7,12-15,29H2,(H,33,41)(H,34,39)(H,35,40)(H,37,38)(H,42,43)(H4,30,31,32). The molecule has 12 N–H and O–H groups in total. The molecule has 232 valence electrons. The summed E-state index contributed by atoms with van der Waals surface area (Å²) >= 11 is 0. The van der Waals surface area contributed by atoms with E-state index in [4.69, 9.17) is 17.2 Å². The summed E-state index contributed by atoms with van der Waals surface area (Å²) < 4.78 is 0. The Hall–Kier alpha value is -5.18. The quantitative estimate of drug-likeness (QED) is 0.0577. The van der Waals surface area contributed by atoms with E-state index in [0.29, 0.717) is 5.56 Å². The van der Waals surface area contributed by atoms with Gasteiger partial charge in [-0.3, -0.25) is 24.2 Å². The summed E-state index contributed by atoms with van der Waals surface area (Å²) in [6.07, 6.45) is -0.684. The Morgan fingerprint density at radius 3 is 1.88 bits per heavy atom. The molecule has 0 spiro atoms. The maximum atomic E-state index is 13.2. The molecule has 0 aromatic heterocycles. The summed E-state index contributed by atoms with van der Waals surface area (Å²) in [6.45, 7) is 0.0848. The number of nitrogens with two attached hydrogens (primary N) is 3. The molecule has 43 heavy (non-hydrogen) atoms. The number of carboxylic acids is 2. The second kappa shape index (κ2) is 16.9. The second-order valence-electron chi connectivity index (χ2n) is 9.74. The molecule has 0 saturated heterocycles. The highest BCUT2D eigenvalue weighted by molar-refractivity contribution is 5.95. The number of aromatic hydroxyl groups is 1. The van der Waals surface area contributed by atoms with Gasteiger partial charge in [0.25, 0.3) is 0 Å². The molecular weight excluding hydrogens is 562 g/mol. The molecule has 4 atom stereocenters. The number of amides is 3. The molecular formula is C28H37N7O8. The Balaban J connectivity index is 2.18. The molecule has 15 nitrogen and oxygen atoms in total. The number of rotatable bonds is 17. The van der Waals surface area contributed by atoms with Gasteiger partial charge in [-0.05, 0) is 42.5 Å². The average Bonchev–Trinajstić information content (AvgIpc) is 2.94. The highest BCUT2D eigenvalue weighted by Gasteiger charge is 2.31. The minimum atomic E-state index is -1.59. The van der Waals surface area contributed by atoms with E-state index in [1.165, 1.54) is 24.3 Å². The molecule has 2 aromatic carbocycles. The number of hydrogen-bond acceptors (Lipinski definition) is 8. The Bertz CT molecular complexity index is 1280. The van der Waals surface area contributed by atoms with Gasteiger partial charge in [0.2, 0.25) is 17.7 Å². The van der Waals surface area contributed by atoms with Crippen LogP contribution in [0.15, 0.2) is 59.6 Å². The van der Waals surface area contributed by atoms with E-state index < -0.39 is 60.2 Å². The van der Waals surface area contributed by atoms with Crippen molar-refractivity contribution in [1.82, 2.24) is 16.0 Å². The van der Waals surface area contributed by atoms with Crippen molar-refractivity contribution >= 4 is 35.6 Å². The van der Waals surface area contributed by atoms with Crippen LogP contribution in [0.4, 0.5) is 0 Å². The predicted octanol–water partition coefficient (Wildman–Crippen LogP) is -1.43. The molecule has 0 fully saturated rings. The summed E-state index contributed by atoms with van der Waals surface area (Å²) in [7, 11) is 0. The first-order chi connectivity index (χ1) is 20.3. The third kappa shape index (κ3) is 12.5. The molecule has 2 rings (SSSR count). The van der Waals surface area contributed by atoms with Crippen LogP contribution < -0.4 is 33.2 Å². The van der Waals surface area contributed by atoms with Crippen LogP contribution in [0.25, 0.3) is 0 Å². The van der Waals surface area contributed by atoms with Crippen LogP contribution in [0.2, 0.25) is 0 Å². The Labute approximate surface area is 247 Å². The number of guanidine groups is 1. The average molecular weight is 600 g/mol. The number of aliphatic imine (C=N–C) groups is 1. The highest BCUT2D eigenvalue weighted by Crippen LogP contribution is 2.12. The van der Waals surface area contributed by atoms with Crippen molar-refractivity contribution in [3.8, 4) is 5.75 Å². The van der Waals surface area contributed by atoms with Crippen LogP contribution in [0.5, 0.6) is 5.75 Å². The Kier molecular flexibility index (Phi) is 13.4. The Morgan fingerprint density at radius 1 is 0.744 bits per heavy atom. The fraction of sp³-hybridized carbons (Fsp3) is 0.357. The number of nitrogens with one attached hydrogen (secondary N) is 3. The number of carboxylic acid groups (broad SMARTS) is 2. The largest absolute Gasteiger partial charge is 0.508 e. The maximum Gasteiger partial charge on any atom is 0.326 e. The number of phenols is 1. The van der Waals surface area contributed by atoms with Crippen molar-refractivity contribution in [2.75, 3.05) is 6.54 Å². The van der Waals surface area contributed by atoms with Crippen molar-refractivity contribution in [2.24, 2.45) is 22.2 Å². The zero-order valence-corrected chi connectivity index (χ0v) is 23.3. The molecule has 0 aliphatic rings. The van der Waals surface area contributed by atoms with Crippen molar-refractivity contribution in [3.05, 3.63) is 65.7 Å². The predicted molar refractivity (Wildman–Crippen MR) is 156 cm³/mol. The van der Waals surface area contributed by atoms with Gasteiger partial charge in [-0.15, -0.1) is 0 Å². The van der Waals surface area contributed by atoms with Crippen molar-refractivity contribution in [2.45, 2.75) is 56.3 Å². The van der Waals surface area contributed by atoms with E-state index in [2.05, 4.69) is 20.9 Å². The van der Waals surface area contributed by atoms with Gasteiger partial charge in [0.05, 0.1) is 12.5 Å². The van der Waals surface area contributed by atoms with Gasteiger partial charge in [-0.25, -0.2) is 4.79 Å². The number of nitrogens with zero attached hydrogens (tertiary/aromatic N) is 1. The second-order valence-corrected chi connectivity index (χ2v) is 9.74. The van der Waals surface area contributed by atoms with Crippen LogP contribution in [-0.2, 0) is 36.8 Å². The SMILES string of the molecule is NC(N)=NCCCC(NC(=O)C(CC(=O)O)NC(=O)C(N)Cc1ccccc1)C(=O)NC(Cc1ccc(O)cc1)C(=O)O. The molecule has 15 heteroatoms. The third-order valence-corrected chi connectivity index (χ3v) is 6.22. The highest BCUT2D eigenvalue weighted by atomic mass is 16.4. The lowest BCUT2D eigenvalue weighted by molar-refractivity contribution is -0.143. The lowest BCUT2D eigenvalue weighted by atomic mass is 10.0. The fourth-order valence-electron chi connectivity index (χ4n) is 4.01. The van der Waals surface area contributed by atoms with Crippen LogP contribution in [-0.4, -0.2) is 81.7 Å². The van der Waals surface area contributed by atoms with E-state index in [-0.39, 0.29) is 43.9 Å². The van der Waals surface area contributed by atoms with Crippen LogP contribution in [0.3, 0.4) is 0 Å². The first-order valence-corrected chi connectivity index (χ1v) is 13.3. The van der Waals surface area contributed by atoms with Gasteiger partial charge in [-0.1, -0.05) is 42.5 Å². The van der Waals surface area contributed by atoms with Gasteiger partial charge in [-0.2, -0.15) is 0 Å². The number of hydrogen-bond donors (Lipinski definition) is 9. The van der Waals surface area contributed by atoms with Crippen molar-refractivity contribution in [3.63, 3.8) is 0 Å². The van der Waals surface area contributed by atoms with Crippen molar-refractivity contribution < 1.29 is 39.3 Å².